The number of hydrogen-bond acceptors (Lipinski definition) is 2. The number of nitrogens with one attached hydrogen (secondary N) is 1. The number of rotatable bonds is 5. The van der Waals surface area contributed by atoms with E-state index >= 15 is 0 Å². The molecule has 1 aromatic rings. The van der Waals surface area contributed by atoms with Gasteiger partial charge in [-0.15, -0.1) is 0 Å². The van der Waals surface area contributed by atoms with Gasteiger partial charge >= 0.3 is 5.97 Å². The summed E-state index contributed by atoms with van der Waals surface area (Å²) in [6.45, 7) is 0.454. The number of carboxylic acids is 1. The molecule has 0 fully saturated rings. The summed E-state index contributed by atoms with van der Waals surface area (Å²) in [7, 11) is 1.56. The topological polar surface area (TPSA) is 62.3 Å². The van der Waals surface area contributed by atoms with Crippen molar-refractivity contribution in [3.8, 4) is 0 Å². The fraction of sp³-hybridized carbons (Fsp3) is 0.444. The number of aliphatic carboxylic acids is 1. The highest BCUT2D eigenvalue weighted by molar-refractivity contribution is 5.75. The van der Waals surface area contributed by atoms with Crippen molar-refractivity contribution in [1.29, 1.82) is 0 Å². The molecule has 4 heteroatoms. The summed E-state index contributed by atoms with van der Waals surface area (Å²) in [4.78, 5) is 13.7. The van der Waals surface area contributed by atoms with Crippen LogP contribution in [-0.2, 0) is 9.53 Å². The van der Waals surface area contributed by atoms with Crippen LogP contribution < -0.4 is 0 Å². The van der Waals surface area contributed by atoms with Gasteiger partial charge in [0.15, 0.2) is 0 Å². The van der Waals surface area contributed by atoms with Gasteiger partial charge in [-0.05, 0) is 18.6 Å². The number of aromatic amines is 1. The van der Waals surface area contributed by atoms with Crippen LogP contribution in [0.1, 0.15) is 18.0 Å². The van der Waals surface area contributed by atoms with Gasteiger partial charge in [-0.3, -0.25) is 4.79 Å². The summed E-state index contributed by atoms with van der Waals surface area (Å²) in [5.41, 5.74) is 0.726. The molecular formula is C9H13NO3. The number of carbonyl (C=O) groups is 1. The lowest BCUT2D eigenvalue weighted by Gasteiger charge is -2.09. The van der Waals surface area contributed by atoms with E-state index < -0.39 is 11.9 Å². The Labute approximate surface area is 76.5 Å². The van der Waals surface area contributed by atoms with E-state index in [0.29, 0.717) is 13.0 Å². The van der Waals surface area contributed by atoms with Gasteiger partial charge in [-0.1, -0.05) is 0 Å². The Morgan fingerprint density at radius 2 is 2.54 bits per heavy atom. The number of ether oxygens (including phenoxy) is 1. The monoisotopic (exact) mass is 183 g/mol. The van der Waals surface area contributed by atoms with Crippen molar-refractivity contribution in [3.05, 3.63) is 24.0 Å². The summed E-state index contributed by atoms with van der Waals surface area (Å²) < 4.78 is 4.84. The maximum Gasteiger partial charge on any atom is 0.312 e. The molecule has 4 nitrogen and oxygen atoms in total. The second kappa shape index (κ2) is 4.67. The molecule has 0 spiro atoms. The molecule has 0 bridgehead atoms. The third-order valence-electron chi connectivity index (χ3n) is 1.91. The van der Waals surface area contributed by atoms with Crippen LogP contribution in [-0.4, -0.2) is 29.8 Å². The summed E-state index contributed by atoms with van der Waals surface area (Å²) >= 11 is 0. The van der Waals surface area contributed by atoms with Gasteiger partial charge in [0.2, 0.25) is 0 Å². The Kier molecular flexibility index (Phi) is 3.52. The maximum absolute atomic E-state index is 10.8. The third kappa shape index (κ3) is 2.59. The number of methoxy groups -OCH3 is 1. The highest BCUT2D eigenvalue weighted by Crippen LogP contribution is 2.17. The molecule has 1 aromatic heterocycles. The molecule has 2 N–H and O–H groups in total. The predicted octanol–water partition coefficient (Wildman–Crippen LogP) is 1.22. The van der Waals surface area contributed by atoms with Crippen molar-refractivity contribution < 1.29 is 14.6 Å². The number of hydrogen-bond donors (Lipinski definition) is 2. The van der Waals surface area contributed by atoms with Crippen molar-refractivity contribution in [2.24, 2.45) is 0 Å². The van der Waals surface area contributed by atoms with E-state index in [-0.39, 0.29) is 0 Å². The van der Waals surface area contributed by atoms with E-state index in [1.807, 2.05) is 0 Å². The van der Waals surface area contributed by atoms with Crippen LogP contribution in [0.3, 0.4) is 0 Å². The van der Waals surface area contributed by atoms with E-state index in [1.165, 1.54) is 0 Å². The van der Waals surface area contributed by atoms with Gasteiger partial charge in [0, 0.05) is 25.6 Å². The van der Waals surface area contributed by atoms with Gasteiger partial charge in [-0.2, -0.15) is 0 Å². The maximum atomic E-state index is 10.8. The molecule has 0 saturated heterocycles. The van der Waals surface area contributed by atoms with Crippen LogP contribution in [0.15, 0.2) is 18.3 Å². The molecule has 0 saturated carbocycles. The Morgan fingerprint density at radius 3 is 3.00 bits per heavy atom. The minimum Gasteiger partial charge on any atom is -0.481 e. The predicted molar refractivity (Wildman–Crippen MR) is 47.7 cm³/mol. The smallest absolute Gasteiger partial charge is 0.312 e. The zero-order valence-corrected chi connectivity index (χ0v) is 7.49. The Balaban J connectivity index is 2.63. The van der Waals surface area contributed by atoms with Crippen molar-refractivity contribution in [2.75, 3.05) is 13.7 Å². The zero-order chi connectivity index (χ0) is 9.68. The van der Waals surface area contributed by atoms with Crippen molar-refractivity contribution in [3.63, 3.8) is 0 Å². The van der Waals surface area contributed by atoms with E-state index in [2.05, 4.69) is 4.98 Å². The highest BCUT2D eigenvalue weighted by atomic mass is 16.5. The fourth-order valence-corrected chi connectivity index (χ4v) is 1.21. The first-order valence-corrected chi connectivity index (χ1v) is 4.10. The van der Waals surface area contributed by atoms with Gasteiger partial charge < -0.3 is 14.8 Å². The van der Waals surface area contributed by atoms with E-state index in [1.54, 1.807) is 25.4 Å². The third-order valence-corrected chi connectivity index (χ3v) is 1.91. The van der Waals surface area contributed by atoms with Gasteiger partial charge in [0.25, 0.3) is 0 Å². The lowest BCUT2D eigenvalue weighted by molar-refractivity contribution is -0.139. The van der Waals surface area contributed by atoms with E-state index in [0.717, 1.165) is 5.69 Å². The number of aromatic nitrogens is 1. The molecule has 1 heterocycles. The molecule has 1 unspecified atom stereocenters. The first-order chi connectivity index (χ1) is 6.25. The quantitative estimate of drug-likeness (QED) is 0.721. The summed E-state index contributed by atoms with van der Waals surface area (Å²) in [5, 5.41) is 8.90. The van der Waals surface area contributed by atoms with Crippen LogP contribution in [0, 0.1) is 0 Å². The van der Waals surface area contributed by atoms with Crippen LogP contribution >= 0.6 is 0 Å². The molecule has 0 aromatic carbocycles. The Morgan fingerprint density at radius 1 is 1.77 bits per heavy atom. The summed E-state index contributed by atoms with van der Waals surface area (Å²) in [6, 6.07) is 3.56. The molecule has 0 amide bonds. The van der Waals surface area contributed by atoms with E-state index in [4.69, 9.17) is 9.84 Å². The molecule has 0 aliphatic heterocycles. The first-order valence-electron chi connectivity index (χ1n) is 4.10. The van der Waals surface area contributed by atoms with Gasteiger partial charge in [0.1, 0.15) is 0 Å². The SMILES string of the molecule is COCCC(C(=O)O)c1ccc[nH]1. The first kappa shape index (κ1) is 9.80. The zero-order valence-electron chi connectivity index (χ0n) is 7.49. The van der Waals surface area contributed by atoms with Crippen LogP contribution in [0.25, 0.3) is 0 Å². The van der Waals surface area contributed by atoms with Crippen LogP contribution in [0.2, 0.25) is 0 Å². The largest absolute Gasteiger partial charge is 0.481 e. The second-order valence-corrected chi connectivity index (χ2v) is 2.80. The van der Waals surface area contributed by atoms with Gasteiger partial charge in [0.05, 0.1) is 5.92 Å². The lowest BCUT2D eigenvalue weighted by atomic mass is 10.0. The van der Waals surface area contributed by atoms with Gasteiger partial charge in [-0.25, -0.2) is 0 Å². The minimum absolute atomic E-state index is 0.454. The Bertz CT molecular complexity index is 256. The number of carboxylic acid groups (broad SMARTS) is 1. The average Bonchev–Trinajstić information content (AvgIpc) is 2.57. The fourth-order valence-electron chi connectivity index (χ4n) is 1.21. The molecule has 0 radical (unpaired) electrons. The summed E-state index contributed by atoms with van der Waals surface area (Å²) in [6.07, 6.45) is 2.21. The minimum atomic E-state index is -0.820. The molecule has 1 rings (SSSR count). The molecule has 1 atom stereocenters. The highest BCUT2D eigenvalue weighted by Gasteiger charge is 2.19. The molecular weight excluding hydrogens is 170 g/mol. The Hall–Kier alpha value is -1.29. The van der Waals surface area contributed by atoms with Crippen molar-refractivity contribution in [2.45, 2.75) is 12.3 Å². The standard InChI is InChI=1S/C9H13NO3/c1-13-6-4-7(9(11)12)8-3-2-5-10-8/h2-3,5,7,10H,4,6H2,1H3,(H,11,12). The molecule has 0 aliphatic rings. The second-order valence-electron chi connectivity index (χ2n) is 2.80. The van der Waals surface area contributed by atoms with Crippen LogP contribution in [0.5, 0.6) is 0 Å². The average molecular weight is 183 g/mol. The molecule has 13 heavy (non-hydrogen) atoms. The summed E-state index contributed by atoms with van der Waals surface area (Å²) in [5.74, 6) is -1.31. The number of H-pyrrole nitrogens is 1. The molecule has 72 valence electrons. The van der Waals surface area contributed by atoms with Crippen molar-refractivity contribution in [1.82, 2.24) is 4.98 Å². The normalized spacial score (nSPS) is 12.7. The lowest BCUT2D eigenvalue weighted by Crippen LogP contribution is -2.14. The van der Waals surface area contributed by atoms with Crippen LogP contribution in [0.4, 0.5) is 0 Å². The van der Waals surface area contributed by atoms with E-state index in [9.17, 15) is 4.79 Å². The molecule has 0 aliphatic carbocycles. The van der Waals surface area contributed by atoms with Crippen molar-refractivity contribution >= 4 is 5.97 Å².